The van der Waals surface area contributed by atoms with Gasteiger partial charge in [-0.1, -0.05) is 27.7 Å². The molecule has 0 spiro atoms. The molecule has 0 saturated heterocycles. The lowest BCUT2D eigenvalue weighted by Crippen LogP contribution is -2.28. The van der Waals surface area contributed by atoms with E-state index in [9.17, 15) is 9.59 Å². The Hall–Kier alpha value is -1.06. The van der Waals surface area contributed by atoms with E-state index in [2.05, 4.69) is 0 Å². The normalized spacial score (nSPS) is 12.9. The smallest absolute Gasteiger partial charge is 0.306 e. The van der Waals surface area contributed by atoms with Crippen LogP contribution in [0.4, 0.5) is 0 Å². The molecule has 112 valence electrons. The van der Waals surface area contributed by atoms with Crippen LogP contribution in [0, 0.1) is 5.41 Å². The fraction of sp³-hybridized carbons (Fsp3) is 0.867. The highest BCUT2D eigenvalue weighted by atomic mass is 16.5. The van der Waals surface area contributed by atoms with Gasteiger partial charge in [0.25, 0.3) is 0 Å². The predicted octanol–water partition coefficient (Wildman–Crippen LogP) is 3.48. The zero-order chi connectivity index (χ0) is 14.9. The Bertz CT molecular complexity index is 278. The van der Waals surface area contributed by atoms with E-state index in [0.717, 1.165) is 6.42 Å². The molecule has 4 nitrogen and oxygen atoms in total. The molecule has 0 aliphatic rings. The Labute approximate surface area is 116 Å². The van der Waals surface area contributed by atoms with Gasteiger partial charge in [0, 0.05) is 12.8 Å². The van der Waals surface area contributed by atoms with Crippen LogP contribution in [0.15, 0.2) is 0 Å². The Morgan fingerprint density at radius 1 is 1.05 bits per heavy atom. The van der Waals surface area contributed by atoms with Crippen LogP contribution in [0.2, 0.25) is 0 Å². The monoisotopic (exact) mass is 272 g/mol. The van der Waals surface area contributed by atoms with E-state index in [1.807, 2.05) is 34.6 Å². The lowest BCUT2D eigenvalue weighted by atomic mass is 9.90. The van der Waals surface area contributed by atoms with E-state index in [-0.39, 0.29) is 23.5 Å². The molecule has 0 rings (SSSR count). The van der Waals surface area contributed by atoms with Crippen molar-refractivity contribution in [2.24, 2.45) is 5.41 Å². The zero-order valence-electron chi connectivity index (χ0n) is 13.0. The molecule has 19 heavy (non-hydrogen) atoms. The molecular formula is C15H28O4. The standard InChI is InChI=1S/C15H28O4/c1-6-11-18-13(16)9-7-8-10-14(17)19-12(2)15(3,4)5/h12H,6-11H2,1-5H3. The topological polar surface area (TPSA) is 52.6 Å². The summed E-state index contributed by atoms with van der Waals surface area (Å²) < 4.78 is 10.3. The second-order valence-electron chi connectivity index (χ2n) is 5.93. The lowest BCUT2D eigenvalue weighted by Gasteiger charge is -2.26. The summed E-state index contributed by atoms with van der Waals surface area (Å²) in [7, 11) is 0. The van der Waals surface area contributed by atoms with Crippen molar-refractivity contribution < 1.29 is 19.1 Å². The summed E-state index contributed by atoms with van der Waals surface area (Å²) in [5.41, 5.74) is -0.0420. The molecule has 0 aromatic heterocycles. The third-order valence-corrected chi connectivity index (χ3v) is 3.01. The summed E-state index contributed by atoms with van der Waals surface area (Å²) in [6.45, 7) is 10.4. The second-order valence-corrected chi connectivity index (χ2v) is 5.93. The van der Waals surface area contributed by atoms with Crippen molar-refractivity contribution in [2.75, 3.05) is 6.61 Å². The van der Waals surface area contributed by atoms with Gasteiger partial charge in [-0.3, -0.25) is 9.59 Å². The first kappa shape index (κ1) is 17.9. The lowest BCUT2D eigenvalue weighted by molar-refractivity contribution is -0.153. The van der Waals surface area contributed by atoms with Crippen molar-refractivity contribution in [3.63, 3.8) is 0 Å². The average molecular weight is 272 g/mol. The SMILES string of the molecule is CCCOC(=O)CCCCC(=O)OC(C)C(C)(C)C. The number of esters is 2. The van der Waals surface area contributed by atoms with E-state index in [0.29, 0.717) is 32.3 Å². The molecule has 0 N–H and O–H groups in total. The molecule has 0 aromatic carbocycles. The number of hydrogen-bond acceptors (Lipinski definition) is 4. The molecule has 0 fully saturated rings. The molecule has 0 heterocycles. The van der Waals surface area contributed by atoms with Crippen molar-refractivity contribution in [1.82, 2.24) is 0 Å². The molecule has 0 bridgehead atoms. The molecule has 0 aliphatic heterocycles. The molecule has 0 radical (unpaired) electrons. The van der Waals surface area contributed by atoms with Gasteiger partial charge in [-0.25, -0.2) is 0 Å². The van der Waals surface area contributed by atoms with Crippen LogP contribution in [0.1, 0.15) is 66.7 Å². The summed E-state index contributed by atoms with van der Waals surface area (Å²) in [6, 6.07) is 0. The van der Waals surface area contributed by atoms with Gasteiger partial charge in [0.15, 0.2) is 0 Å². The highest BCUT2D eigenvalue weighted by molar-refractivity contribution is 5.70. The first-order valence-corrected chi connectivity index (χ1v) is 7.12. The minimum atomic E-state index is -0.190. The molecule has 0 amide bonds. The van der Waals surface area contributed by atoms with Crippen LogP contribution < -0.4 is 0 Å². The molecule has 0 saturated carbocycles. The predicted molar refractivity (Wildman–Crippen MR) is 74.7 cm³/mol. The van der Waals surface area contributed by atoms with E-state index < -0.39 is 0 Å². The third kappa shape index (κ3) is 9.51. The van der Waals surface area contributed by atoms with Gasteiger partial charge in [-0.2, -0.15) is 0 Å². The number of ether oxygens (including phenoxy) is 2. The first-order valence-electron chi connectivity index (χ1n) is 7.12. The quantitative estimate of drug-likeness (QED) is 0.501. The number of carbonyl (C=O) groups excluding carboxylic acids is 2. The highest BCUT2D eigenvalue weighted by Gasteiger charge is 2.23. The number of hydrogen-bond donors (Lipinski definition) is 0. The van der Waals surface area contributed by atoms with E-state index >= 15 is 0 Å². The molecule has 1 atom stereocenters. The van der Waals surface area contributed by atoms with Crippen LogP contribution in [-0.2, 0) is 19.1 Å². The van der Waals surface area contributed by atoms with Crippen molar-refractivity contribution in [3.8, 4) is 0 Å². The molecule has 0 aliphatic carbocycles. The molecule has 4 heteroatoms. The minimum absolute atomic E-state index is 0.0420. The van der Waals surface area contributed by atoms with Crippen molar-refractivity contribution in [3.05, 3.63) is 0 Å². The van der Waals surface area contributed by atoms with Gasteiger partial charge in [0.2, 0.25) is 0 Å². The Kier molecular flexibility index (Phi) is 8.44. The van der Waals surface area contributed by atoms with Gasteiger partial charge in [0.05, 0.1) is 6.61 Å². The number of rotatable bonds is 8. The summed E-state index contributed by atoms with van der Waals surface area (Å²) in [4.78, 5) is 22.8. The van der Waals surface area contributed by atoms with Crippen molar-refractivity contribution >= 4 is 11.9 Å². The Morgan fingerprint density at radius 3 is 2.05 bits per heavy atom. The fourth-order valence-electron chi connectivity index (χ4n) is 1.26. The van der Waals surface area contributed by atoms with Crippen LogP contribution in [0.5, 0.6) is 0 Å². The first-order chi connectivity index (χ1) is 8.77. The average Bonchev–Trinajstić information content (AvgIpc) is 2.30. The maximum atomic E-state index is 11.6. The van der Waals surface area contributed by atoms with Gasteiger partial charge in [-0.15, -0.1) is 0 Å². The van der Waals surface area contributed by atoms with Crippen LogP contribution in [-0.4, -0.2) is 24.6 Å². The van der Waals surface area contributed by atoms with E-state index in [1.54, 1.807) is 0 Å². The Morgan fingerprint density at radius 2 is 1.58 bits per heavy atom. The highest BCUT2D eigenvalue weighted by Crippen LogP contribution is 2.22. The zero-order valence-corrected chi connectivity index (χ0v) is 13.0. The van der Waals surface area contributed by atoms with Crippen LogP contribution >= 0.6 is 0 Å². The summed E-state index contributed by atoms with van der Waals surface area (Å²) >= 11 is 0. The summed E-state index contributed by atoms with van der Waals surface area (Å²) in [5, 5.41) is 0. The maximum Gasteiger partial charge on any atom is 0.306 e. The minimum Gasteiger partial charge on any atom is -0.466 e. The molecule has 0 aromatic rings. The second kappa shape index (κ2) is 8.94. The Balaban J connectivity index is 3.67. The summed E-state index contributed by atoms with van der Waals surface area (Å²) in [5.74, 6) is -0.373. The largest absolute Gasteiger partial charge is 0.466 e. The van der Waals surface area contributed by atoms with Crippen molar-refractivity contribution in [2.45, 2.75) is 72.8 Å². The fourth-order valence-corrected chi connectivity index (χ4v) is 1.26. The van der Waals surface area contributed by atoms with Gasteiger partial charge < -0.3 is 9.47 Å². The van der Waals surface area contributed by atoms with Crippen LogP contribution in [0.3, 0.4) is 0 Å². The van der Waals surface area contributed by atoms with Gasteiger partial charge >= 0.3 is 11.9 Å². The third-order valence-electron chi connectivity index (χ3n) is 3.01. The van der Waals surface area contributed by atoms with E-state index in [1.165, 1.54) is 0 Å². The van der Waals surface area contributed by atoms with Gasteiger partial charge in [0.1, 0.15) is 6.10 Å². The van der Waals surface area contributed by atoms with E-state index in [4.69, 9.17) is 9.47 Å². The summed E-state index contributed by atoms with van der Waals surface area (Å²) in [6.07, 6.45) is 2.81. The molecular weight excluding hydrogens is 244 g/mol. The number of unbranched alkanes of at least 4 members (excludes halogenated alkanes) is 1. The van der Waals surface area contributed by atoms with Gasteiger partial charge in [-0.05, 0) is 31.6 Å². The number of carbonyl (C=O) groups is 2. The molecule has 1 unspecified atom stereocenters. The van der Waals surface area contributed by atoms with Crippen LogP contribution in [0.25, 0.3) is 0 Å². The van der Waals surface area contributed by atoms with Crippen molar-refractivity contribution in [1.29, 1.82) is 0 Å². The maximum absolute atomic E-state index is 11.6.